The summed E-state index contributed by atoms with van der Waals surface area (Å²) in [6.45, 7) is 1.98. The number of rotatable bonds is 3. The highest BCUT2D eigenvalue weighted by Crippen LogP contribution is 2.41. The molecule has 0 aliphatic carbocycles. The predicted molar refractivity (Wildman–Crippen MR) is 106 cm³/mol. The minimum Gasteiger partial charge on any atom is -0.318 e. The highest BCUT2D eigenvalue weighted by atomic mass is 16.6. The van der Waals surface area contributed by atoms with Gasteiger partial charge in [0.2, 0.25) is 5.95 Å². The van der Waals surface area contributed by atoms with Gasteiger partial charge in [-0.05, 0) is 35.0 Å². The smallest absolute Gasteiger partial charge is 0.288 e. The lowest BCUT2D eigenvalue weighted by atomic mass is 9.92. The third-order valence-electron chi connectivity index (χ3n) is 5.01. The zero-order valence-corrected chi connectivity index (χ0v) is 15.6. The normalized spacial score (nSPS) is 14.5. The molecule has 1 atom stereocenters. The number of hydrogen-bond donors (Lipinski definition) is 2. The van der Waals surface area contributed by atoms with Gasteiger partial charge in [0.15, 0.2) is 0 Å². The predicted octanol–water partition coefficient (Wildman–Crippen LogP) is 2.33. The van der Waals surface area contributed by atoms with Crippen LogP contribution < -0.4 is 10.9 Å². The van der Waals surface area contributed by atoms with Crippen molar-refractivity contribution in [2.45, 2.75) is 13.0 Å². The first-order valence-electron chi connectivity index (χ1n) is 9.02. The maximum absolute atomic E-state index is 12.6. The van der Waals surface area contributed by atoms with E-state index in [9.17, 15) is 14.9 Å². The Balaban J connectivity index is 1.77. The van der Waals surface area contributed by atoms with E-state index < -0.39 is 16.5 Å². The SMILES string of the molecule is Cc1ccc(-c2n[nH]c(=O)c3c2[C@H](c2ccc([N+](=O)[O-])cc2)n2nnnc2N3)cc1. The number of H-pyrrole nitrogens is 1. The molecule has 5 rings (SSSR count). The van der Waals surface area contributed by atoms with Crippen molar-refractivity contribution in [2.75, 3.05) is 5.32 Å². The molecular weight excluding hydrogens is 388 g/mol. The van der Waals surface area contributed by atoms with Crippen LogP contribution in [0.15, 0.2) is 53.3 Å². The van der Waals surface area contributed by atoms with Gasteiger partial charge >= 0.3 is 0 Å². The average Bonchev–Trinajstić information content (AvgIpc) is 3.22. The summed E-state index contributed by atoms with van der Waals surface area (Å²) in [5, 5.41) is 32.6. The molecular formula is C19H14N8O3. The van der Waals surface area contributed by atoms with Gasteiger partial charge in [0.05, 0.1) is 10.6 Å². The van der Waals surface area contributed by atoms with Crippen molar-refractivity contribution in [1.29, 1.82) is 0 Å². The Morgan fingerprint density at radius 1 is 1.10 bits per heavy atom. The van der Waals surface area contributed by atoms with Crippen molar-refractivity contribution in [1.82, 2.24) is 30.4 Å². The van der Waals surface area contributed by atoms with Crippen molar-refractivity contribution in [3.63, 3.8) is 0 Å². The molecule has 2 aromatic carbocycles. The van der Waals surface area contributed by atoms with Crippen LogP contribution in [0.1, 0.15) is 22.7 Å². The number of benzene rings is 2. The first-order chi connectivity index (χ1) is 14.5. The summed E-state index contributed by atoms with van der Waals surface area (Å²) >= 11 is 0. The molecule has 0 fully saturated rings. The fraction of sp³-hybridized carbons (Fsp3) is 0.105. The van der Waals surface area contributed by atoms with Crippen molar-refractivity contribution in [3.8, 4) is 11.3 Å². The van der Waals surface area contributed by atoms with E-state index in [-0.39, 0.29) is 17.3 Å². The molecule has 0 saturated heterocycles. The van der Waals surface area contributed by atoms with Crippen molar-refractivity contribution >= 4 is 17.3 Å². The maximum Gasteiger partial charge on any atom is 0.288 e. The van der Waals surface area contributed by atoms with Gasteiger partial charge in [0.25, 0.3) is 11.2 Å². The highest BCUT2D eigenvalue weighted by Gasteiger charge is 2.34. The van der Waals surface area contributed by atoms with Crippen LogP contribution >= 0.6 is 0 Å². The zero-order valence-electron chi connectivity index (χ0n) is 15.6. The summed E-state index contributed by atoms with van der Waals surface area (Å²) in [6.07, 6.45) is 0. The van der Waals surface area contributed by atoms with Gasteiger partial charge in [0, 0.05) is 23.3 Å². The molecule has 11 nitrogen and oxygen atoms in total. The van der Waals surface area contributed by atoms with E-state index >= 15 is 0 Å². The van der Waals surface area contributed by atoms with Gasteiger partial charge in [-0.1, -0.05) is 34.9 Å². The minimum atomic E-state index is -0.599. The third-order valence-corrected chi connectivity index (χ3v) is 5.01. The van der Waals surface area contributed by atoms with Crippen LogP contribution in [-0.2, 0) is 0 Å². The molecule has 2 N–H and O–H groups in total. The lowest BCUT2D eigenvalue weighted by Crippen LogP contribution is -2.29. The van der Waals surface area contributed by atoms with E-state index in [1.807, 2.05) is 31.2 Å². The molecule has 0 spiro atoms. The fourth-order valence-corrected chi connectivity index (χ4v) is 3.56. The van der Waals surface area contributed by atoms with Crippen molar-refractivity contribution in [3.05, 3.63) is 85.7 Å². The molecule has 0 radical (unpaired) electrons. The van der Waals surface area contributed by atoms with Crippen LogP contribution in [0, 0.1) is 17.0 Å². The highest BCUT2D eigenvalue weighted by molar-refractivity contribution is 5.75. The number of aryl methyl sites for hydroxylation is 1. The van der Waals surface area contributed by atoms with E-state index in [0.29, 0.717) is 16.8 Å². The number of anilines is 2. The van der Waals surface area contributed by atoms with Gasteiger partial charge in [-0.15, -0.1) is 0 Å². The molecule has 30 heavy (non-hydrogen) atoms. The number of aromatic nitrogens is 6. The summed E-state index contributed by atoms with van der Waals surface area (Å²) in [6, 6.07) is 13.2. The number of aromatic amines is 1. The maximum atomic E-state index is 12.6. The van der Waals surface area contributed by atoms with E-state index in [0.717, 1.165) is 11.1 Å². The second-order valence-electron chi connectivity index (χ2n) is 6.88. The second kappa shape index (κ2) is 6.58. The summed E-state index contributed by atoms with van der Waals surface area (Å²) in [4.78, 5) is 23.2. The molecule has 2 aromatic heterocycles. The first-order valence-corrected chi connectivity index (χ1v) is 9.02. The Labute approximate surface area is 168 Å². The Bertz CT molecular complexity index is 1330. The third kappa shape index (κ3) is 2.71. The summed E-state index contributed by atoms with van der Waals surface area (Å²) in [5.74, 6) is 0.289. The lowest BCUT2D eigenvalue weighted by molar-refractivity contribution is -0.384. The molecule has 0 amide bonds. The monoisotopic (exact) mass is 402 g/mol. The Morgan fingerprint density at radius 3 is 2.53 bits per heavy atom. The number of tetrazole rings is 1. The molecule has 3 heterocycles. The standard InChI is InChI=1S/C19H14N8O3/c1-10-2-4-11(5-3-10)15-14-16(18(28)22-21-15)20-19-23-24-25-26(19)17(14)12-6-8-13(9-7-12)27(29)30/h2-9,17H,1H3,(H,22,28)(H,20,23,25)/t17-/m0/s1. The quantitative estimate of drug-likeness (QED) is 0.345. The van der Waals surface area contributed by atoms with E-state index in [1.54, 1.807) is 12.1 Å². The summed E-state index contributed by atoms with van der Waals surface area (Å²) < 4.78 is 1.53. The molecule has 11 heteroatoms. The van der Waals surface area contributed by atoms with Gasteiger partial charge in [-0.2, -0.15) is 9.78 Å². The van der Waals surface area contributed by atoms with Crippen LogP contribution in [0.4, 0.5) is 17.3 Å². The number of fused-ring (bicyclic) bond motifs is 2. The van der Waals surface area contributed by atoms with Crippen LogP contribution in [0.25, 0.3) is 11.3 Å². The number of nitrogens with one attached hydrogen (secondary N) is 2. The minimum absolute atomic E-state index is 0.0346. The zero-order chi connectivity index (χ0) is 20.8. The average molecular weight is 402 g/mol. The fourth-order valence-electron chi connectivity index (χ4n) is 3.56. The molecule has 0 saturated carbocycles. The number of nitrogens with zero attached hydrogens (tertiary/aromatic N) is 6. The van der Waals surface area contributed by atoms with Gasteiger partial charge in [-0.25, -0.2) is 5.10 Å². The van der Waals surface area contributed by atoms with Crippen LogP contribution in [-0.4, -0.2) is 35.3 Å². The summed E-state index contributed by atoms with van der Waals surface area (Å²) in [5.41, 5.74) is 3.54. The van der Waals surface area contributed by atoms with Gasteiger partial charge in [-0.3, -0.25) is 14.9 Å². The largest absolute Gasteiger partial charge is 0.318 e. The first kappa shape index (κ1) is 17.7. The molecule has 1 aliphatic heterocycles. The van der Waals surface area contributed by atoms with Gasteiger partial charge in [0.1, 0.15) is 11.7 Å². The van der Waals surface area contributed by atoms with Gasteiger partial charge < -0.3 is 5.32 Å². The second-order valence-corrected chi connectivity index (χ2v) is 6.88. The Hall–Kier alpha value is -4.41. The topological polar surface area (TPSA) is 145 Å². The Kier molecular flexibility index (Phi) is 3.88. The number of nitro benzene ring substituents is 1. The van der Waals surface area contributed by atoms with E-state index in [4.69, 9.17) is 0 Å². The molecule has 0 unspecified atom stereocenters. The molecule has 0 bridgehead atoms. The van der Waals surface area contributed by atoms with Crippen LogP contribution in [0.3, 0.4) is 0 Å². The lowest BCUT2D eigenvalue weighted by Gasteiger charge is -2.27. The Morgan fingerprint density at radius 2 is 1.83 bits per heavy atom. The van der Waals surface area contributed by atoms with Crippen molar-refractivity contribution in [2.24, 2.45) is 0 Å². The molecule has 148 valence electrons. The molecule has 4 aromatic rings. The van der Waals surface area contributed by atoms with Crippen molar-refractivity contribution < 1.29 is 4.92 Å². The van der Waals surface area contributed by atoms with Crippen LogP contribution in [0.5, 0.6) is 0 Å². The summed E-state index contributed by atoms with van der Waals surface area (Å²) in [7, 11) is 0. The molecule has 1 aliphatic rings. The number of nitro groups is 1. The van der Waals surface area contributed by atoms with E-state index in [2.05, 4.69) is 31.0 Å². The number of non-ortho nitro benzene ring substituents is 1. The van der Waals surface area contributed by atoms with Crippen LogP contribution in [0.2, 0.25) is 0 Å². The number of hydrogen-bond acceptors (Lipinski definition) is 8. The van der Waals surface area contributed by atoms with E-state index in [1.165, 1.54) is 16.8 Å².